The van der Waals surface area contributed by atoms with E-state index in [4.69, 9.17) is 4.74 Å². The number of aryl methyl sites for hydroxylation is 1. The van der Waals surface area contributed by atoms with E-state index in [1.165, 1.54) is 23.3 Å². The first-order chi connectivity index (χ1) is 14.2. The number of rotatable bonds is 7. The van der Waals surface area contributed by atoms with Gasteiger partial charge in [-0.15, -0.1) is 10.2 Å². The molecule has 0 spiro atoms. The molecule has 1 aliphatic heterocycles. The lowest BCUT2D eigenvalue weighted by atomic mass is 10.2. The van der Waals surface area contributed by atoms with E-state index in [0.717, 1.165) is 61.7 Å². The molecule has 0 N–H and O–H groups in total. The number of nitrogens with zero attached hydrogens (tertiary/aromatic N) is 4. The molecule has 0 unspecified atom stereocenters. The number of morpholine rings is 1. The molecule has 0 atom stereocenters. The van der Waals surface area contributed by atoms with Gasteiger partial charge in [-0.1, -0.05) is 41.6 Å². The van der Waals surface area contributed by atoms with E-state index in [1.807, 2.05) is 0 Å². The van der Waals surface area contributed by atoms with E-state index < -0.39 is 0 Å². The normalized spacial score (nSPS) is 15.0. The quantitative estimate of drug-likeness (QED) is 0.549. The Bertz CT molecular complexity index is 921. The Labute approximate surface area is 174 Å². The van der Waals surface area contributed by atoms with E-state index in [2.05, 4.69) is 50.9 Å². The molecule has 4 rings (SSSR count). The lowest BCUT2D eigenvalue weighted by Crippen LogP contribution is -2.38. The van der Waals surface area contributed by atoms with Crippen LogP contribution in [0.25, 0.3) is 11.4 Å². The van der Waals surface area contributed by atoms with Gasteiger partial charge in [0.25, 0.3) is 0 Å². The fourth-order valence-corrected chi connectivity index (χ4v) is 4.23. The summed E-state index contributed by atoms with van der Waals surface area (Å²) in [5, 5.41) is 9.77. The van der Waals surface area contributed by atoms with Crippen LogP contribution in [0, 0.1) is 12.7 Å². The molecular formula is C22H25FN4OS. The summed E-state index contributed by atoms with van der Waals surface area (Å²) in [6.07, 6.45) is 0. The molecule has 1 aliphatic rings. The molecule has 29 heavy (non-hydrogen) atoms. The minimum Gasteiger partial charge on any atom is -0.379 e. The number of thioether (sulfide) groups is 1. The Kier molecular flexibility index (Phi) is 6.59. The maximum absolute atomic E-state index is 13.4. The zero-order valence-electron chi connectivity index (χ0n) is 16.6. The minimum atomic E-state index is -0.248. The Morgan fingerprint density at radius 3 is 2.41 bits per heavy atom. The Hall–Kier alpha value is -2.22. The van der Waals surface area contributed by atoms with Crippen LogP contribution >= 0.6 is 11.8 Å². The Balaban J connectivity index is 1.54. The van der Waals surface area contributed by atoms with Crippen LogP contribution in [0.5, 0.6) is 0 Å². The third-order valence-electron chi connectivity index (χ3n) is 5.05. The van der Waals surface area contributed by atoms with Gasteiger partial charge in [0.2, 0.25) is 0 Å². The fourth-order valence-electron chi connectivity index (χ4n) is 3.31. The second kappa shape index (κ2) is 9.52. The standard InChI is InChI=1S/C22H25FN4OS/c1-17-2-4-18(5-3-17)16-29-22-25-24-21(19-6-8-20(23)9-7-19)27(22)11-10-26-12-14-28-15-13-26/h2-9H,10-16H2,1H3. The van der Waals surface area contributed by atoms with Crippen LogP contribution in [-0.2, 0) is 17.0 Å². The van der Waals surface area contributed by atoms with Crippen LogP contribution in [0.2, 0.25) is 0 Å². The minimum absolute atomic E-state index is 0.248. The Morgan fingerprint density at radius 1 is 0.966 bits per heavy atom. The van der Waals surface area contributed by atoms with Gasteiger partial charge in [-0.3, -0.25) is 4.90 Å². The van der Waals surface area contributed by atoms with Crippen molar-refractivity contribution in [2.75, 3.05) is 32.8 Å². The van der Waals surface area contributed by atoms with Gasteiger partial charge in [0.1, 0.15) is 5.82 Å². The van der Waals surface area contributed by atoms with Gasteiger partial charge in [-0.2, -0.15) is 0 Å². The van der Waals surface area contributed by atoms with Crippen molar-refractivity contribution in [1.82, 2.24) is 19.7 Å². The van der Waals surface area contributed by atoms with Crippen LogP contribution in [0.4, 0.5) is 4.39 Å². The predicted octanol–water partition coefficient (Wildman–Crippen LogP) is 4.02. The van der Waals surface area contributed by atoms with Gasteiger partial charge in [0.15, 0.2) is 11.0 Å². The second-order valence-corrected chi connectivity index (χ2v) is 8.14. The van der Waals surface area contributed by atoms with Gasteiger partial charge in [0, 0.05) is 37.5 Å². The molecule has 0 radical (unpaired) electrons. The first-order valence-corrected chi connectivity index (χ1v) is 10.9. The molecule has 0 amide bonds. The first kappa shape index (κ1) is 20.1. The van der Waals surface area contributed by atoms with Gasteiger partial charge in [-0.05, 0) is 36.8 Å². The van der Waals surface area contributed by atoms with Crippen molar-refractivity contribution >= 4 is 11.8 Å². The lowest BCUT2D eigenvalue weighted by Gasteiger charge is -2.27. The Morgan fingerprint density at radius 2 is 1.69 bits per heavy atom. The molecule has 7 heteroatoms. The SMILES string of the molecule is Cc1ccc(CSc2nnc(-c3ccc(F)cc3)n2CCN2CCOCC2)cc1. The van der Waals surface area contributed by atoms with Crippen LogP contribution < -0.4 is 0 Å². The average molecular weight is 413 g/mol. The number of hydrogen-bond acceptors (Lipinski definition) is 5. The highest BCUT2D eigenvalue weighted by Crippen LogP contribution is 2.27. The first-order valence-electron chi connectivity index (χ1n) is 9.86. The maximum Gasteiger partial charge on any atom is 0.191 e. The lowest BCUT2D eigenvalue weighted by molar-refractivity contribution is 0.0361. The van der Waals surface area contributed by atoms with E-state index in [1.54, 1.807) is 23.9 Å². The van der Waals surface area contributed by atoms with Gasteiger partial charge >= 0.3 is 0 Å². The summed E-state index contributed by atoms with van der Waals surface area (Å²) < 4.78 is 21.0. The van der Waals surface area contributed by atoms with Crippen molar-refractivity contribution in [3.05, 3.63) is 65.5 Å². The fraction of sp³-hybridized carbons (Fsp3) is 0.364. The summed E-state index contributed by atoms with van der Waals surface area (Å²) in [5.74, 6) is 1.37. The highest BCUT2D eigenvalue weighted by atomic mass is 32.2. The molecule has 152 valence electrons. The topological polar surface area (TPSA) is 43.2 Å². The van der Waals surface area contributed by atoms with Crippen LogP contribution in [0.15, 0.2) is 53.7 Å². The van der Waals surface area contributed by atoms with E-state index in [-0.39, 0.29) is 5.82 Å². The molecule has 2 heterocycles. The van der Waals surface area contributed by atoms with Crippen LogP contribution in [0.1, 0.15) is 11.1 Å². The summed E-state index contributed by atoms with van der Waals surface area (Å²) in [6.45, 7) is 7.24. The van der Waals surface area contributed by atoms with Gasteiger partial charge in [0.05, 0.1) is 13.2 Å². The molecule has 0 bridgehead atoms. The zero-order valence-corrected chi connectivity index (χ0v) is 17.4. The third kappa shape index (κ3) is 5.23. The van der Waals surface area contributed by atoms with Crippen molar-refractivity contribution in [2.45, 2.75) is 24.4 Å². The average Bonchev–Trinajstić information content (AvgIpc) is 3.16. The van der Waals surface area contributed by atoms with Crippen molar-refractivity contribution in [1.29, 1.82) is 0 Å². The molecule has 0 aliphatic carbocycles. The van der Waals surface area contributed by atoms with Crippen molar-refractivity contribution in [3.63, 3.8) is 0 Å². The van der Waals surface area contributed by atoms with E-state index in [9.17, 15) is 4.39 Å². The summed E-state index contributed by atoms with van der Waals surface area (Å²) in [7, 11) is 0. The van der Waals surface area contributed by atoms with E-state index >= 15 is 0 Å². The summed E-state index contributed by atoms with van der Waals surface area (Å²) in [5.41, 5.74) is 3.39. The molecule has 0 saturated carbocycles. The highest BCUT2D eigenvalue weighted by molar-refractivity contribution is 7.98. The monoisotopic (exact) mass is 412 g/mol. The molecule has 1 aromatic heterocycles. The molecule has 3 aromatic rings. The molecule has 1 saturated heterocycles. The van der Waals surface area contributed by atoms with Crippen molar-refractivity contribution in [3.8, 4) is 11.4 Å². The summed E-state index contributed by atoms with van der Waals surface area (Å²) in [4.78, 5) is 2.40. The van der Waals surface area contributed by atoms with Gasteiger partial charge in [-0.25, -0.2) is 4.39 Å². The number of benzene rings is 2. The number of ether oxygens (including phenoxy) is 1. The summed E-state index contributed by atoms with van der Waals surface area (Å²) in [6, 6.07) is 15.0. The largest absolute Gasteiger partial charge is 0.379 e. The van der Waals surface area contributed by atoms with Gasteiger partial charge < -0.3 is 9.30 Å². The third-order valence-corrected chi connectivity index (χ3v) is 6.09. The van der Waals surface area contributed by atoms with Crippen molar-refractivity contribution in [2.24, 2.45) is 0 Å². The van der Waals surface area contributed by atoms with Crippen molar-refractivity contribution < 1.29 is 9.13 Å². The smallest absolute Gasteiger partial charge is 0.191 e. The maximum atomic E-state index is 13.4. The number of hydrogen-bond donors (Lipinski definition) is 0. The van der Waals surface area contributed by atoms with Crippen LogP contribution in [-0.4, -0.2) is 52.5 Å². The van der Waals surface area contributed by atoms with E-state index in [0.29, 0.717) is 0 Å². The molecule has 5 nitrogen and oxygen atoms in total. The predicted molar refractivity (Wildman–Crippen MR) is 113 cm³/mol. The molecule has 2 aromatic carbocycles. The summed E-state index contributed by atoms with van der Waals surface area (Å²) >= 11 is 1.68. The second-order valence-electron chi connectivity index (χ2n) is 7.19. The van der Waals surface area contributed by atoms with Crippen LogP contribution in [0.3, 0.4) is 0 Å². The highest BCUT2D eigenvalue weighted by Gasteiger charge is 2.17. The number of aromatic nitrogens is 3. The molecular weight excluding hydrogens is 387 g/mol. The molecule has 1 fully saturated rings. The number of halogens is 1. The zero-order chi connectivity index (χ0) is 20.1.